The SMILES string of the molecule is CCCCN1C(=O)c2ccccc2C1Nc1ccc(C(=O)N2CCN(c3ccccc3F)CC2)cc1. The Morgan fingerprint density at radius 1 is 0.944 bits per heavy atom. The molecule has 1 saturated heterocycles. The van der Waals surface area contributed by atoms with Gasteiger partial charge < -0.3 is 20.0 Å². The van der Waals surface area contributed by atoms with E-state index in [0.29, 0.717) is 44.0 Å². The fraction of sp³-hybridized carbons (Fsp3) is 0.310. The molecule has 1 fully saturated rings. The van der Waals surface area contributed by atoms with Gasteiger partial charge in [-0.2, -0.15) is 0 Å². The summed E-state index contributed by atoms with van der Waals surface area (Å²) >= 11 is 0. The molecule has 0 spiro atoms. The second kappa shape index (κ2) is 10.4. The Morgan fingerprint density at radius 3 is 2.36 bits per heavy atom. The molecule has 2 amide bonds. The fourth-order valence-corrected chi connectivity index (χ4v) is 4.99. The number of amides is 2. The summed E-state index contributed by atoms with van der Waals surface area (Å²) in [5, 5.41) is 3.50. The second-order valence-electron chi connectivity index (χ2n) is 9.29. The van der Waals surface area contributed by atoms with Gasteiger partial charge in [0, 0.05) is 55.1 Å². The average Bonchev–Trinajstić information content (AvgIpc) is 3.18. The van der Waals surface area contributed by atoms with Gasteiger partial charge in [0.1, 0.15) is 12.0 Å². The summed E-state index contributed by atoms with van der Waals surface area (Å²) in [4.78, 5) is 31.8. The van der Waals surface area contributed by atoms with E-state index in [0.717, 1.165) is 29.7 Å². The summed E-state index contributed by atoms with van der Waals surface area (Å²) < 4.78 is 14.1. The van der Waals surface area contributed by atoms with Gasteiger partial charge in [0.15, 0.2) is 0 Å². The molecule has 3 aromatic rings. The van der Waals surface area contributed by atoms with E-state index in [1.54, 1.807) is 12.1 Å². The number of nitrogens with one attached hydrogen (secondary N) is 1. The number of nitrogens with zero attached hydrogens (tertiary/aromatic N) is 3. The Hall–Kier alpha value is -3.87. The lowest BCUT2D eigenvalue weighted by atomic mass is 10.1. The first-order valence-corrected chi connectivity index (χ1v) is 12.6. The van der Waals surface area contributed by atoms with Crippen LogP contribution in [-0.4, -0.2) is 54.3 Å². The highest BCUT2D eigenvalue weighted by Crippen LogP contribution is 2.34. The number of benzene rings is 3. The first-order chi connectivity index (χ1) is 17.6. The standard InChI is InChI=1S/C29H31FN4O2/c1-2-3-16-34-27(23-8-4-5-9-24(23)29(34)36)31-22-14-12-21(13-15-22)28(35)33-19-17-32(18-20-33)26-11-7-6-10-25(26)30/h4-15,27,31H,2-3,16-20H2,1H3. The maximum Gasteiger partial charge on any atom is 0.256 e. The molecular weight excluding hydrogens is 455 g/mol. The van der Waals surface area contributed by atoms with E-state index in [9.17, 15) is 14.0 Å². The van der Waals surface area contributed by atoms with Gasteiger partial charge in [0.2, 0.25) is 0 Å². The van der Waals surface area contributed by atoms with Crippen molar-refractivity contribution in [1.82, 2.24) is 9.80 Å². The van der Waals surface area contributed by atoms with E-state index in [2.05, 4.69) is 12.2 Å². The monoisotopic (exact) mass is 486 g/mol. The molecule has 0 aliphatic carbocycles. The predicted octanol–water partition coefficient (Wildman–Crippen LogP) is 5.15. The number of fused-ring (bicyclic) bond motifs is 1. The molecule has 36 heavy (non-hydrogen) atoms. The van der Waals surface area contributed by atoms with Crippen molar-refractivity contribution in [3.63, 3.8) is 0 Å². The zero-order valence-corrected chi connectivity index (χ0v) is 20.5. The molecular formula is C29H31FN4O2. The molecule has 0 radical (unpaired) electrons. The van der Waals surface area contributed by atoms with Crippen molar-refractivity contribution in [2.45, 2.75) is 25.9 Å². The molecule has 0 aromatic heterocycles. The van der Waals surface area contributed by atoms with Gasteiger partial charge in [-0.25, -0.2) is 4.39 Å². The topological polar surface area (TPSA) is 55.9 Å². The number of anilines is 2. The van der Waals surface area contributed by atoms with E-state index in [-0.39, 0.29) is 23.8 Å². The van der Waals surface area contributed by atoms with Crippen LogP contribution in [0.25, 0.3) is 0 Å². The van der Waals surface area contributed by atoms with Crippen molar-refractivity contribution in [2.24, 2.45) is 0 Å². The molecule has 1 unspecified atom stereocenters. The molecule has 7 heteroatoms. The number of carbonyl (C=O) groups excluding carboxylic acids is 2. The first kappa shape index (κ1) is 23.9. The Kier molecular flexibility index (Phi) is 6.89. The van der Waals surface area contributed by atoms with Crippen molar-refractivity contribution < 1.29 is 14.0 Å². The van der Waals surface area contributed by atoms with E-state index in [1.807, 2.05) is 69.3 Å². The lowest BCUT2D eigenvalue weighted by Crippen LogP contribution is -2.49. The second-order valence-corrected chi connectivity index (χ2v) is 9.29. The third kappa shape index (κ3) is 4.65. The molecule has 0 saturated carbocycles. The first-order valence-electron chi connectivity index (χ1n) is 12.6. The molecule has 0 bridgehead atoms. The van der Waals surface area contributed by atoms with Crippen molar-refractivity contribution in [3.05, 3.63) is 95.3 Å². The number of unbranched alkanes of at least 4 members (excludes halogenated alkanes) is 1. The van der Waals surface area contributed by atoms with Gasteiger partial charge in [-0.1, -0.05) is 43.7 Å². The number of hydrogen-bond donors (Lipinski definition) is 1. The highest BCUT2D eigenvalue weighted by Gasteiger charge is 2.36. The summed E-state index contributed by atoms with van der Waals surface area (Å²) in [6, 6.07) is 21.9. The molecule has 3 aromatic carbocycles. The number of halogens is 1. The van der Waals surface area contributed by atoms with Gasteiger partial charge in [-0.15, -0.1) is 0 Å². The van der Waals surface area contributed by atoms with Crippen LogP contribution in [-0.2, 0) is 0 Å². The fourth-order valence-electron chi connectivity index (χ4n) is 4.99. The highest BCUT2D eigenvalue weighted by atomic mass is 19.1. The maximum absolute atomic E-state index is 14.1. The molecule has 1 N–H and O–H groups in total. The van der Waals surface area contributed by atoms with Crippen molar-refractivity contribution in [2.75, 3.05) is 42.9 Å². The van der Waals surface area contributed by atoms with Gasteiger partial charge in [0.25, 0.3) is 11.8 Å². The molecule has 6 nitrogen and oxygen atoms in total. The molecule has 1 atom stereocenters. The average molecular weight is 487 g/mol. The Bertz CT molecular complexity index is 1240. The van der Waals surface area contributed by atoms with Crippen LogP contribution in [0.3, 0.4) is 0 Å². The number of rotatable bonds is 7. The minimum Gasteiger partial charge on any atom is -0.366 e. The normalized spacial score (nSPS) is 17.3. The van der Waals surface area contributed by atoms with E-state index < -0.39 is 0 Å². The van der Waals surface area contributed by atoms with Crippen LogP contribution in [0, 0.1) is 5.82 Å². The molecule has 2 heterocycles. The molecule has 5 rings (SSSR count). The van der Waals surface area contributed by atoms with Crippen LogP contribution in [0.1, 0.15) is 52.2 Å². The van der Waals surface area contributed by atoms with Gasteiger partial charge in [-0.3, -0.25) is 9.59 Å². The highest BCUT2D eigenvalue weighted by molar-refractivity contribution is 5.99. The lowest BCUT2D eigenvalue weighted by molar-refractivity contribution is 0.0736. The lowest BCUT2D eigenvalue weighted by Gasteiger charge is -2.36. The van der Waals surface area contributed by atoms with E-state index >= 15 is 0 Å². The van der Waals surface area contributed by atoms with Crippen LogP contribution < -0.4 is 10.2 Å². The third-order valence-electron chi connectivity index (χ3n) is 7.01. The van der Waals surface area contributed by atoms with Crippen molar-refractivity contribution >= 4 is 23.2 Å². The zero-order chi connectivity index (χ0) is 25.1. The van der Waals surface area contributed by atoms with E-state index in [4.69, 9.17) is 0 Å². The largest absolute Gasteiger partial charge is 0.366 e. The summed E-state index contributed by atoms with van der Waals surface area (Å²) in [5.74, 6) is -0.209. The summed E-state index contributed by atoms with van der Waals surface area (Å²) in [6.45, 7) is 5.08. The van der Waals surface area contributed by atoms with Gasteiger partial charge in [0.05, 0.1) is 5.69 Å². The molecule has 186 valence electrons. The Morgan fingerprint density at radius 2 is 1.64 bits per heavy atom. The minimum atomic E-state index is -0.236. The Labute approximate surface area is 211 Å². The maximum atomic E-state index is 14.1. The minimum absolute atomic E-state index is 0.0271. The number of para-hydroxylation sites is 1. The number of hydrogen-bond acceptors (Lipinski definition) is 4. The Balaban J connectivity index is 1.24. The number of piperazine rings is 1. The van der Waals surface area contributed by atoms with Crippen LogP contribution in [0.2, 0.25) is 0 Å². The number of carbonyl (C=O) groups is 2. The summed E-state index contributed by atoms with van der Waals surface area (Å²) in [5.41, 5.74) is 3.77. The smallest absolute Gasteiger partial charge is 0.256 e. The van der Waals surface area contributed by atoms with Crippen LogP contribution >= 0.6 is 0 Å². The van der Waals surface area contributed by atoms with Crippen LogP contribution in [0.15, 0.2) is 72.8 Å². The molecule has 2 aliphatic rings. The zero-order valence-electron chi connectivity index (χ0n) is 20.5. The van der Waals surface area contributed by atoms with Crippen molar-refractivity contribution in [1.29, 1.82) is 0 Å². The van der Waals surface area contributed by atoms with Crippen molar-refractivity contribution in [3.8, 4) is 0 Å². The third-order valence-corrected chi connectivity index (χ3v) is 7.01. The van der Waals surface area contributed by atoms with Crippen LogP contribution in [0.4, 0.5) is 15.8 Å². The summed E-state index contributed by atoms with van der Waals surface area (Å²) in [7, 11) is 0. The van der Waals surface area contributed by atoms with Gasteiger partial charge in [-0.05, 0) is 48.9 Å². The van der Waals surface area contributed by atoms with Crippen LogP contribution in [0.5, 0.6) is 0 Å². The predicted molar refractivity (Wildman–Crippen MR) is 140 cm³/mol. The summed E-state index contributed by atoms with van der Waals surface area (Å²) in [6.07, 6.45) is 1.72. The molecule has 2 aliphatic heterocycles. The quantitative estimate of drug-likeness (QED) is 0.502. The van der Waals surface area contributed by atoms with E-state index in [1.165, 1.54) is 6.07 Å². The van der Waals surface area contributed by atoms with Gasteiger partial charge >= 0.3 is 0 Å².